The summed E-state index contributed by atoms with van der Waals surface area (Å²) in [5.41, 5.74) is 3.63. The van der Waals surface area contributed by atoms with Crippen molar-refractivity contribution in [1.29, 1.82) is 0 Å². The van der Waals surface area contributed by atoms with Crippen LogP contribution in [0.2, 0.25) is 0 Å². The van der Waals surface area contributed by atoms with Gasteiger partial charge in [0.2, 0.25) is 5.51 Å². The Morgan fingerprint density at radius 2 is 1.70 bits per heavy atom. The van der Waals surface area contributed by atoms with Gasteiger partial charge in [0.05, 0.1) is 4.88 Å². The van der Waals surface area contributed by atoms with Crippen LogP contribution >= 0.6 is 11.3 Å². The fourth-order valence-electron chi connectivity index (χ4n) is 2.46. The molecule has 0 amide bonds. The first-order valence-corrected chi connectivity index (χ1v) is 8.77. The Kier molecular flexibility index (Phi) is 6.79. The van der Waals surface area contributed by atoms with Crippen LogP contribution in [0, 0.1) is 0 Å². The maximum Gasteiger partial charge on any atom is 0.225 e. The van der Waals surface area contributed by atoms with Gasteiger partial charge in [0, 0.05) is 5.56 Å². The number of rotatable bonds is 9. The molecule has 0 aliphatic carbocycles. The lowest BCUT2D eigenvalue weighted by molar-refractivity contribution is -0.683. The van der Waals surface area contributed by atoms with E-state index in [-0.39, 0.29) is 0 Å². The molecule has 0 aliphatic heterocycles. The maximum absolute atomic E-state index is 2.32. The average Bonchev–Trinajstić information content (AvgIpc) is 2.91. The molecular formula is C18H26NS+. The van der Waals surface area contributed by atoms with Gasteiger partial charge in [0.15, 0.2) is 12.7 Å². The van der Waals surface area contributed by atoms with E-state index in [0.717, 1.165) is 6.54 Å². The number of aromatic nitrogens is 1. The molecule has 20 heavy (non-hydrogen) atoms. The summed E-state index contributed by atoms with van der Waals surface area (Å²) >= 11 is 1.90. The molecule has 0 fully saturated rings. The highest BCUT2D eigenvalue weighted by Crippen LogP contribution is 2.12. The van der Waals surface area contributed by atoms with E-state index in [9.17, 15) is 0 Å². The highest BCUT2D eigenvalue weighted by atomic mass is 32.1. The van der Waals surface area contributed by atoms with Gasteiger partial charge in [-0.25, -0.2) is 0 Å². The van der Waals surface area contributed by atoms with Crippen molar-refractivity contribution in [3.8, 4) is 0 Å². The number of nitrogens with zero attached hydrogens (tertiary/aromatic N) is 1. The summed E-state index contributed by atoms with van der Waals surface area (Å²) in [4.78, 5) is 1.52. The third-order valence-corrected chi connectivity index (χ3v) is 4.62. The van der Waals surface area contributed by atoms with Gasteiger partial charge in [-0.2, -0.15) is 4.57 Å². The third-order valence-electron chi connectivity index (χ3n) is 3.63. The van der Waals surface area contributed by atoms with E-state index in [4.69, 9.17) is 0 Å². The van der Waals surface area contributed by atoms with Crippen molar-refractivity contribution < 1.29 is 4.57 Å². The molecular weight excluding hydrogens is 262 g/mol. The zero-order valence-electron chi connectivity index (χ0n) is 12.6. The number of aryl methyl sites for hydroxylation is 1. The molecule has 2 aromatic rings. The number of hydrogen-bond donors (Lipinski definition) is 0. The van der Waals surface area contributed by atoms with Crippen molar-refractivity contribution in [1.82, 2.24) is 0 Å². The highest BCUT2D eigenvalue weighted by molar-refractivity contribution is 7.09. The van der Waals surface area contributed by atoms with Crippen molar-refractivity contribution in [3.05, 3.63) is 52.5 Å². The summed E-state index contributed by atoms with van der Waals surface area (Å²) in [6, 6.07) is 10.7. The van der Waals surface area contributed by atoms with Crippen LogP contribution < -0.4 is 4.57 Å². The van der Waals surface area contributed by atoms with Gasteiger partial charge in [-0.05, 0) is 12.8 Å². The number of unbranched alkanes of at least 4 members (excludes halogenated alkanes) is 5. The largest absolute Gasteiger partial charge is 0.225 e. The number of thiazole rings is 1. The zero-order valence-corrected chi connectivity index (χ0v) is 13.4. The Morgan fingerprint density at radius 3 is 2.50 bits per heavy atom. The Morgan fingerprint density at radius 1 is 0.950 bits per heavy atom. The first-order chi connectivity index (χ1) is 9.88. The van der Waals surface area contributed by atoms with E-state index in [1.807, 2.05) is 11.3 Å². The molecule has 0 unspecified atom stereocenters. The van der Waals surface area contributed by atoms with Crippen molar-refractivity contribution in [2.75, 3.05) is 0 Å². The molecule has 0 bridgehead atoms. The molecule has 0 spiro atoms. The van der Waals surface area contributed by atoms with Gasteiger partial charge in [-0.3, -0.25) is 0 Å². The quantitative estimate of drug-likeness (QED) is 0.452. The molecule has 108 valence electrons. The Balaban J connectivity index is 1.70. The second-order valence-corrected chi connectivity index (χ2v) is 6.47. The van der Waals surface area contributed by atoms with Gasteiger partial charge >= 0.3 is 0 Å². The maximum atomic E-state index is 2.32. The van der Waals surface area contributed by atoms with E-state index < -0.39 is 0 Å². The van der Waals surface area contributed by atoms with E-state index in [1.165, 1.54) is 55.4 Å². The molecule has 0 saturated heterocycles. The second kappa shape index (κ2) is 8.91. The molecule has 2 heteroatoms. The molecule has 1 aromatic carbocycles. The summed E-state index contributed by atoms with van der Waals surface area (Å²) in [5.74, 6) is 0. The van der Waals surface area contributed by atoms with Crippen molar-refractivity contribution in [2.45, 2.75) is 58.4 Å². The van der Waals surface area contributed by atoms with Gasteiger partial charge < -0.3 is 0 Å². The molecule has 0 saturated carbocycles. The summed E-state index contributed by atoms with van der Waals surface area (Å²) in [6.07, 6.45) is 11.9. The predicted molar refractivity (Wildman–Crippen MR) is 87.1 cm³/mol. The van der Waals surface area contributed by atoms with Gasteiger partial charge in [-0.15, -0.1) is 0 Å². The van der Waals surface area contributed by atoms with E-state index in [0.29, 0.717) is 0 Å². The monoisotopic (exact) mass is 288 g/mol. The Labute approximate surface area is 127 Å². The summed E-state index contributed by atoms with van der Waals surface area (Å²) in [5, 5.41) is 0. The normalized spacial score (nSPS) is 10.8. The topological polar surface area (TPSA) is 3.88 Å². The third kappa shape index (κ3) is 5.46. The predicted octanol–water partition coefficient (Wildman–Crippen LogP) is 4.99. The van der Waals surface area contributed by atoms with Crippen molar-refractivity contribution in [2.24, 2.45) is 0 Å². The molecule has 0 N–H and O–H groups in total. The zero-order chi connectivity index (χ0) is 14.0. The minimum absolute atomic E-state index is 0.994. The SMILES string of the molecule is CCCCCCCCc1c[n+](Cc2ccccc2)cs1. The Bertz CT molecular complexity index is 475. The summed E-state index contributed by atoms with van der Waals surface area (Å²) in [6.45, 7) is 3.27. The van der Waals surface area contributed by atoms with Gasteiger partial charge in [0.25, 0.3) is 0 Å². The van der Waals surface area contributed by atoms with E-state index >= 15 is 0 Å². The van der Waals surface area contributed by atoms with Crippen LogP contribution in [0.5, 0.6) is 0 Å². The van der Waals surface area contributed by atoms with Crippen LogP contribution in [0.25, 0.3) is 0 Å². The highest BCUT2D eigenvalue weighted by Gasteiger charge is 2.07. The summed E-state index contributed by atoms with van der Waals surface area (Å²) < 4.78 is 2.31. The average molecular weight is 288 g/mol. The molecule has 2 rings (SSSR count). The first-order valence-electron chi connectivity index (χ1n) is 7.89. The van der Waals surface area contributed by atoms with Crippen molar-refractivity contribution in [3.63, 3.8) is 0 Å². The van der Waals surface area contributed by atoms with E-state index in [1.54, 1.807) is 0 Å². The van der Waals surface area contributed by atoms with E-state index in [2.05, 4.69) is 53.5 Å². The van der Waals surface area contributed by atoms with Crippen LogP contribution in [0.15, 0.2) is 42.0 Å². The lowest BCUT2D eigenvalue weighted by atomic mass is 10.1. The second-order valence-electron chi connectivity index (χ2n) is 5.49. The lowest BCUT2D eigenvalue weighted by Crippen LogP contribution is -2.30. The van der Waals surface area contributed by atoms with Crippen LogP contribution in [0.4, 0.5) is 0 Å². The Hall–Kier alpha value is -1.15. The molecule has 0 atom stereocenters. The van der Waals surface area contributed by atoms with Crippen LogP contribution in [0.1, 0.15) is 55.9 Å². The molecule has 1 aromatic heterocycles. The standard InChI is InChI=1S/C18H26NS/c1-2-3-4-5-6-10-13-18-15-19(16-20-18)14-17-11-8-7-9-12-17/h7-9,11-12,15-16H,2-6,10,13-14H2,1H3/q+1. The van der Waals surface area contributed by atoms with Crippen LogP contribution in [-0.2, 0) is 13.0 Å². The number of hydrogen-bond acceptors (Lipinski definition) is 1. The van der Waals surface area contributed by atoms with Gasteiger partial charge in [0.1, 0.15) is 0 Å². The fourth-order valence-corrected chi connectivity index (χ4v) is 3.33. The first kappa shape index (κ1) is 15.2. The molecule has 1 heterocycles. The molecule has 1 nitrogen and oxygen atoms in total. The van der Waals surface area contributed by atoms with Gasteiger partial charge in [-0.1, -0.05) is 80.7 Å². The van der Waals surface area contributed by atoms with Crippen LogP contribution in [-0.4, -0.2) is 0 Å². The van der Waals surface area contributed by atoms with Crippen LogP contribution in [0.3, 0.4) is 0 Å². The molecule has 0 radical (unpaired) electrons. The summed E-state index contributed by atoms with van der Waals surface area (Å²) in [7, 11) is 0. The molecule has 0 aliphatic rings. The minimum atomic E-state index is 0.994. The fraction of sp³-hybridized carbons (Fsp3) is 0.500. The lowest BCUT2D eigenvalue weighted by Gasteiger charge is -1.98. The number of benzene rings is 1. The smallest absolute Gasteiger partial charge is 0.191 e. The minimum Gasteiger partial charge on any atom is -0.191 e. The van der Waals surface area contributed by atoms with Crippen molar-refractivity contribution >= 4 is 11.3 Å².